The van der Waals surface area contributed by atoms with Gasteiger partial charge in [-0.1, -0.05) is 37.3 Å². The third-order valence-electron chi connectivity index (χ3n) is 6.08. The van der Waals surface area contributed by atoms with Crippen LogP contribution < -0.4 is 9.47 Å². The number of rotatable bonds is 8. The van der Waals surface area contributed by atoms with E-state index in [-0.39, 0.29) is 12.4 Å². The number of hydrogen-bond acceptors (Lipinski definition) is 5. The van der Waals surface area contributed by atoms with Gasteiger partial charge in [-0.2, -0.15) is 13.2 Å². The molecule has 2 aliphatic carbocycles. The highest BCUT2D eigenvalue weighted by molar-refractivity contribution is 6.01. The average Bonchev–Trinajstić information content (AvgIpc) is 3.42. The summed E-state index contributed by atoms with van der Waals surface area (Å²) < 4.78 is 54.4. The zero-order valence-electron chi connectivity index (χ0n) is 18.5. The van der Waals surface area contributed by atoms with E-state index in [2.05, 4.69) is 0 Å². The van der Waals surface area contributed by atoms with Gasteiger partial charge < -0.3 is 14.2 Å². The van der Waals surface area contributed by atoms with Crippen molar-refractivity contribution < 1.29 is 37.0 Å². The Morgan fingerprint density at radius 3 is 2.42 bits per heavy atom. The Balaban J connectivity index is 1.62. The molecule has 33 heavy (non-hydrogen) atoms. The van der Waals surface area contributed by atoms with Crippen LogP contribution in [0.1, 0.15) is 54.1 Å². The summed E-state index contributed by atoms with van der Waals surface area (Å²) in [6, 6.07) is 9.47. The summed E-state index contributed by atoms with van der Waals surface area (Å²) in [5, 5.41) is 0. The van der Waals surface area contributed by atoms with Gasteiger partial charge >= 0.3 is 12.1 Å². The summed E-state index contributed by atoms with van der Waals surface area (Å²) in [7, 11) is 1.53. The van der Waals surface area contributed by atoms with Crippen molar-refractivity contribution in [2.45, 2.75) is 57.2 Å². The fraction of sp³-hybridized carbons (Fsp3) is 0.440. The molecule has 1 saturated carbocycles. The van der Waals surface area contributed by atoms with Crippen molar-refractivity contribution in [3.8, 4) is 22.6 Å². The Morgan fingerprint density at radius 1 is 1.06 bits per heavy atom. The first-order valence-electron chi connectivity index (χ1n) is 10.9. The zero-order chi connectivity index (χ0) is 23.8. The minimum absolute atomic E-state index is 0.0729. The lowest BCUT2D eigenvalue weighted by atomic mass is 9.97. The number of methoxy groups -OCH3 is 1. The summed E-state index contributed by atoms with van der Waals surface area (Å²) in [5.41, 5.74) is 3.14. The fourth-order valence-corrected chi connectivity index (χ4v) is 4.16. The second kappa shape index (κ2) is 8.72. The molecule has 0 bridgehead atoms. The van der Waals surface area contributed by atoms with Gasteiger partial charge in [-0.15, -0.1) is 0 Å². The first-order valence-corrected chi connectivity index (χ1v) is 10.9. The minimum Gasteiger partial charge on any atom is -0.493 e. The van der Waals surface area contributed by atoms with Crippen LogP contribution in [-0.2, 0) is 22.4 Å². The molecule has 0 aromatic heterocycles. The Morgan fingerprint density at radius 2 is 1.79 bits per heavy atom. The van der Waals surface area contributed by atoms with Gasteiger partial charge in [0.15, 0.2) is 17.3 Å². The maximum absolute atomic E-state index is 12.5. The zero-order valence-corrected chi connectivity index (χ0v) is 18.5. The second-order valence-corrected chi connectivity index (χ2v) is 8.52. The third kappa shape index (κ3) is 4.99. The number of fused-ring (bicyclic) bond motifs is 1. The van der Waals surface area contributed by atoms with Crippen molar-refractivity contribution in [3.05, 3.63) is 47.0 Å². The molecule has 5 nitrogen and oxygen atoms in total. The lowest BCUT2D eigenvalue weighted by Crippen LogP contribution is -2.29. The summed E-state index contributed by atoms with van der Waals surface area (Å²) >= 11 is 0. The molecule has 0 N–H and O–H groups in total. The largest absolute Gasteiger partial charge is 0.493 e. The molecular weight excluding hydrogens is 437 g/mol. The number of carbonyl (C=O) groups is 2. The van der Waals surface area contributed by atoms with Gasteiger partial charge in [-0.25, -0.2) is 0 Å². The molecule has 0 spiro atoms. The highest BCUT2D eigenvalue weighted by Gasteiger charge is 2.49. The molecule has 8 heteroatoms. The monoisotopic (exact) mass is 462 g/mol. The van der Waals surface area contributed by atoms with Crippen molar-refractivity contribution >= 4 is 11.8 Å². The molecule has 0 atom stereocenters. The Hall–Kier alpha value is -3.03. The molecule has 4 rings (SSSR count). The van der Waals surface area contributed by atoms with Crippen LogP contribution in [0.3, 0.4) is 0 Å². The quantitative estimate of drug-likeness (QED) is 0.488. The molecule has 2 aromatic carbocycles. The van der Waals surface area contributed by atoms with Crippen molar-refractivity contribution in [2.24, 2.45) is 0 Å². The molecule has 2 aromatic rings. The second-order valence-electron chi connectivity index (χ2n) is 8.52. The number of halogens is 3. The van der Waals surface area contributed by atoms with Crippen molar-refractivity contribution in [3.63, 3.8) is 0 Å². The molecule has 0 amide bonds. The smallest absolute Gasteiger partial charge is 0.399 e. The molecule has 0 aliphatic heterocycles. The first kappa shape index (κ1) is 23.1. The number of esters is 1. The standard InChI is InChI=1S/C25H25F3O5/c1-3-15-4-8-19(17-5-7-18-16(12-17)6-9-20(18)29)23(22(15)31-2)32-14-24(10-11-24)33-21(30)13-25(26,27)28/h4-5,7-8,12H,3,6,9-11,13-14H2,1-2H3. The topological polar surface area (TPSA) is 61.8 Å². The van der Waals surface area contributed by atoms with Crippen LogP contribution in [0, 0.1) is 0 Å². The summed E-state index contributed by atoms with van der Waals surface area (Å²) in [6.45, 7) is 1.90. The fourth-order valence-electron chi connectivity index (χ4n) is 4.16. The molecule has 0 heterocycles. The lowest BCUT2D eigenvalue weighted by Gasteiger charge is -2.22. The molecule has 0 radical (unpaired) electrons. The van der Waals surface area contributed by atoms with Gasteiger partial charge in [-0.05, 0) is 42.4 Å². The van der Waals surface area contributed by atoms with Crippen LogP contribution >= 0.6 is 0 Å². The van der Waals surface area contributed by atoms with Crippen LogP contribution in [0.5, 0.6) is 11.5 Å². The lowest BCUT2D eigenvalue weighted by molar-refractivity contribution is -0.178. The third-order valence-corrected chi connectivity index (χ3v) is 6.08. The number of benzene rings is 2. The summed E-state index contributed by atoms with van der Waals surface area (Å²) in [4.78, 5) is 23.7. The minimum atomic E-state index is -4.62. The van der Waals surface area contributed by atoms with Crippen molar-refractivity contribution in [1.29, 1.82) is 0 Å². The molecule has 176 valence electrons. The number of ether oxygens (including phenoxy) is 3. The highest BCUT2D eigenvalue weighted by Crippen LogP contribution is 2.46. The van der Waals surface area contributed by atoms with Crippen LogP contribution in [0.4, 0.5) is 13.2 Å². The van der Waals surface area contributed by atoms with Crippen LogP contribution in [0.25, 0.3) is 11.1 Å². The van der Waals surface area contributed by atoms with Gasteiger partial charge in [0.05, 0.1) is 7.11 Å². The van der Waals surface area contributed by atoms with E-state index in [1.165, 1.54) is 7.11 Å². The van der Waals surface area contributed by atoms with Crippen LogP contribution in [-0.4, -0.2) is 37.2 Å². The number of ketones is 1. The van der Waals surface area contributed by atoms with Gasteiger partial charge in [0, 0.05) is 17.5 Å². The Kier molecular flexibility index (Phi) is 6.12. The molecule has 1 fully saturated rings. The SMILES string of the molecule is CCc1ccc(-c2ccc3c(c2)CCC3=O)c(OCC2(OC(=O)CC(F)(F)F)CC2)c1OC. The van der Waals surface area contributed by atoms with Crippen molar-refractivity contribution in [2.75, 3.05) is 13.7 Å². The molecule has 0 saturated heterocycles. The van der Waals surface area contributed by atoms with E-state index in [0.717, 1.165) is 27.8 Å². The van der Waals surface area contributed by atoms with Crippen LogP contribution in [0.2, 0.25) is 0 Å². The normalized spacial score (nSPS) is 16.3. The molecule has 2 aliphatic rings. The maximum atomic E-state index is 12.5. The van der Waals surface area contributed by atoms with E-state index < -0.39 is 24.2 Å². The van der Waals surface area contributed by atoms with Crippen LogP contribution in [0.15, 0.2) is 30.3 Å². The number of aryl methyl sites for hydroxylation is 2. The summed E-state index contributed by atoms with van der Waals surface area (Å²) in [5.74, 6) is -0.201. The predicted molar refractivity (Wildman–Crippen MR) is 115 cm³/mol. The Bertz CT molecular complexity index is 1090. The van der Waals surface area contributed by atoms with Gasteiger partial charge in [0.25, 0.3) is 0 Å². The van der Waals surface area contributed by atoms with Crippen molar-refractivity contribution in [1.82, 2.24) is 0 Å². The molecular formula is C25H25F3O5. The number of Topliss-reactive ketones (excluding diaryl/α,β-unsaturated/α-hetero) is 1. The average molecular weight is 462 g/mol. The van der Waals surface area contributed by atoms with E-state index in [9.17, 15) is 22.8 Å². The predicted octanol–water partition coefficient (Wildman–Crippen LogP) is 5.46. The maximum Gasteiger partial charge on any atom is 0.399 e. The van der Waals surface area contributed by atoms with E-state index in [4.69, 9.17) is 14.2 Å². The highest BCUT2D eigenvalue weighted by atomic mass is 19.4. The summed E-state index contributed by atoms with van der Waals surface area (Å²) in [6.07, 6.45) is -3.51. The number of alkyl halides is 3. The van der Waals surface area contributed by atoms with Gasteiger partial charge in [0.1, 0.15) is 18.6 Å². The van der Waals surface area contributed by atoms with E-state index >= 15 is 0 Å². The van der Waals surface area contributed by atoms with Gasteiger partial charge in [-0.3, -0.25) is 9.59 Å². The van der Waals surface area contributed by atoms with Gasteiger partial charge in [0.2, 0.25) is 0 Å². The Labute approximate surface area is 189 Å². The first-order chi connectivity index (χ1) is 15.6. The van der Waals surface area contributed by atoms with E-state index in [0.29, 0.717) is 43.6 Å². The number of carbonyl (C=O) groups excluding carboxylic acids is 2. The van der Waals surface area contributed by atoms with E-state index in [1.807, 2.05) is 37.3 Å². The number of hydrogen-bond donors (Lipinski definition) is 0. The van der Waals surface area contributed by atoms with E-state index in [1.54, 1.807) is 0 Å². The molecule has 0 unspecified atom stereocenters.